The van der Waals surface area contributed by atoms with E-state index in [-0.39, 0.29) is 19.2 Å². The number of allylic oxidation sites excluding steroid dienone is 6. The van der Waals surface area contributed by atoms with Gasteiger partial charge in [0.05, 0.1) is 19.8 Å². The summed E-state index contributed by atoms with van der Waals surface area (Å²) in [4.78, 5) is 17.2. The molecule has 396 valence electrons. The van der Waals surface area contributed by atoms with Gasteiger partial charge in [0.2, 0.25) is 0 Å². The van der Waals surface area contributed by atoms with Gasteiger partial charge in [-0.15, -0.1) is 0 Å². The number of unbranched alkanes of at least 4 members (excludes halogenated alkanes) is 35. The second kappa shape index (κ2) is 58.8. The van der Waals surface area contributed by atoms with Crippen molar-refractivity contribution < 1.29 is 19.7 Å². The zero-order chi connectivity index (χ0) is 48.5. The van der Waals surface area contributed by atoms with Crippen LogP contribution in [0.1, 0.15) is 290 Å². The minimum atomic E-state index is -0.00942. The predicted molar refractivity (Wildman–Crippen MR) is 295 cm³/mol. The molecule has 0 unspecified atom stereocenters. The van der Waals surface area contributed by atoms with Gasteiger partial charge in [0, 0.05) is 19.5 Å². The SMILES string of the molecule is CCCCC/C=C\C/C=C\CCCCCCCCN(CCO)CCCCCCCCCCCOC(=O)CCCCCCCCCN(CCO)CCCCCCCC/C=C\CCCCCCCC. The van der Waals surface area contributed by atoms with Crippen LogP contribution in [-0.2, 0) is 9.53 Å². The van der Waals surface area contributed by atoms with Crippen LogP contribution in [0.5, 0.6) is 0 Å². The zero-order valence-corrected chi connectivity index (χ0v) is 45.3. The third-order valence-corrected chi connectivity index (χ3v) is 13.7. The van der Waals surface area contributed by atoms with Crippen molar-refractivity contribution in [2.45, 2.75) is 290 Å². The highest BCUT2D eigenvalue weighted by Gasteiger charge is 2.07. The van der Waals surface area contributed by atoms with Crippen LogP contribution >= 0.6 is 0 Å². The Labute approximate surface area is 419 Å². The minimum absolute atomic E-state index is 0.00942. The Morgan fingerprint density at radius 2 is 0.627 bits per heavy atom. The Morgan fingerprint density at radius 1 is 0.343 bits per heavy atom. The van der Waals surface area contributed by atoms with Crippen molar-refractivity contribution in [2.24, 2.45) is 0 Å². The van der Waals surface area contributed by atoms with Crippen molar-refractivity contribution in [1.29, 1.82) is 0 Å². The summed E-state index contributed by atoms with van der Waals surface area (Å²) in [5.74, 6) is -0.00942. The van der Waals surface area contributed by atoms with Crippen molar-refractivity contribution in [3.63, 3.8) is 0 Å². The first-order valence-electron chi connectivity index (χ1n) is 29.9. The van der Waals surface area contributed by atoms with Crippen LogP contribution < -0.4 is 0 Å². The fraction of sp³-hybridized carbons (Fsp3) is 0.885. The summed E-state index contributed by atoms with van der Waals surface area (Å²) in [6.07, 6.45) is 68.6. The fourth-order valence-electron chi connectivity index (χ4n) is 9.28. The average Bonchev–Trinajstić information content (AvgIpc) is 3.33. The molecule has 0 fully saturated rings. The Kier molecular flexibility index (Phi) is 57.6. The van der Waals surface area contributed by atoms with E-state index in [9.17, 15) is 15.0 Å². The summed E-state index contributed by atoms with van der Waals surface area (Å²) in [6.45, 7) is 11.8. The standard InChI is InChI=1S/C61H118N2O4/c1-3-5-7-9-11-13-15-17-19-21-23-25-28-34-40-46-52-62(56-58-64)54-48-42-36-30-27-31-38-44-50-60-67-61(66)51-45-39-33-32-37-43-49-55-63(57-59-65)53-47-41-35-29-26-24-22-20-18-16-14-12-10-8-6-4-2/h11,13,17-20,64-65H,3-10,12,14-16,21-60H2,1-2H3/b13-11-,19-17-,20-18-. The number of hydrogen-bond donors (Lipinski definition) is 2. The number of ether oxygens (including phenoxy) is 1. The molecular formula is C61H118N2O4. The molecule has 0 aliphatic rings. The van der Waals surface area contributed by atoms with E-state index in [0.29, 0.717) is 13.0 Å². The van der Waals surface area contributed by atoms with Gasteiger partial charge < -0.3 is 24.7 Å². The van der Waals surface area contributed by atoms with E-state index in [1.807, 2.05) is 0 Å². The molecule has 0 bridgehead atoms. The van der Waals surface area contributed by atoms with Crippen molar-refractivity contribution in [1.82, 2.24) is 9.80 Å². The average molecular weight is 944 g/mol. The van der Waals surface area contributed by atoms with Gasteiger partial charge in [0.1, 0.15) is 0 Å². The second-order valence-electron chi connectivity index (χ2n) is 20.3. The highest BCUT2D eigenvalue weighted by atomic mass is 16.5. The summed E-state index contributed by atoms with van der Waals surface area (Å²) in [7, 11) is 0. The van der Waals surface area contributed by atoms with E-state index < -0.39 is 0 Å². The molecule has 0 aliphatic heterocycles. The number of carbonyl (C=O) groups is 1. The predicted octanol–water partition coefficient (Wildman–Crippen LogP) is 17.6. The van der Waals surface area contributed by atoms with Crippen LogP contribution in [0.25, 0.3) is 0 Å². The monoisotopic (exact) mass is 943 g/mol. The van der Waals surface area contributed by atoms with Gasteiger partial charge in [-0.3, -0.25) is 4.79 Å². The summed E-state index contributed by atoms with van der Waals surface area (Å²) in [6, 6.07) is 0. The van der Waals surface area contributed by atoms with Crippen LogP contribution in [0.3, 0.4) is 0 Å². The van der Waals surface area contributed by atoms with Crippen molar-refractivity contribution in [3.05, 3.63) is 36.5 Å². The van der Waals surface area contributed by atoms with Crippen molar-refractivity contribution >= 4 is 5.97 Å². The Morgan fingerprint density at radius 3 is 1.00 bits per heavy atom. The van der Waals surface area contributed by atoms with E-state index in [1.165, 1.54) is 238 Å². The Bertz CT molecular complexity index is 1030. The Hall–Kier alpha value is -1.47. The van der Waals surface area contributed by atoms with Gasteiger partial charge in [-0.25, -0.2) is 0 Å². The van der Waals surface area contributed by atoms with Crippen molar-refractivity contribution in [2.75, 3.05) is 59.1 Å². The van der Waals surface area contributed by atoms with Gasteiger partial charge in [-0.2, -0.15) is 0 Å². The van der Waals surface area contributed by atoms with Crippen LogP contribution in [0, 0.1) is 0 Å². The Balaban J connectivity index is 3.54. The number of hydrogen-bond acceptors (Lipinski definition) is 6. The third-order valence-electron chi connectivity index (χ3n) is 13.7. The molecule has 0 amide bonds. The number of aliphatic hydroxyl groups excluding tert-OH is 2. The number of aliphatic hydroxyl groups is 2. The molecule has 67 heavy (non-hydrogen) atoms. The lowest BCUT2D eigenvalue weighted by atomic mass is 10.1. The van der Waals surface area contributed by atoms with Gasteiger partial charge in [-0.05, 0) is 122 Å². The van der Waals surface area contributed by atoms with E-state index in [0.717, 1.165) is 71.4 Å². The summed E-state index contributed by atoms with van der Waals surface area (Å²) in [5.41, 5.74) is 0. The summed E-state index contributed by atoms with van der Waals surface area (Å²) in [5, 5.41) is 19.1. The van der Waals surface area contributed by atoms with E-state index in [2.05, 4.69) is 60.1 Å². The first-order chi connectivity index (χ1) is 33.2. The smallest absolute Gasteiger partial charge is 0.305 e. The molecule has 6 nitrogen and oxygen atoms in total. The minimum Gasteiger partial charge on any atom is -0.466 e. The summed E-state index contributed by atoms with van der Waals surface area (Å²) < 4.78 is 5.53. The topological polar surface area (TPSA) is 73.2 Å². The number of rotatable bonds is 57. The third kappa shape index (κ3) is 55.3. The van der Waals surface area contributed by atoms with E-state index in [4.69, 9.17) is 4.74 Å². The van der Waals surface area contributed by atoms with Gasteiger partial charge in [-0.1, -0.05) is 224 Å². The molecule has 0 spiro atoms. The van der Waals surface area contributed by atoms with Crippen LogP contribution in [-0.4, -0.2) is 85.1 Å². The van der Waals surface area contributed by atoms with E-state index in [1.54, 1.807) is 0 Å². The maximum atomic E-state index is 12.2. The summed E-state index contributed by atoms with van der Waals surface area (Å²) >= 11 is 0. The van der Waals surface area contributed by atoms with Crippen molar-refractivity contribution in [3.8, 4) is 0 Å². The number of esters is 1. The lowest BCUT2D eigenvalue weighted by Gasteiger charge is -2.21. The molecule has 0 aromatic carbocycles. The lowest BCUT2D eigenvalue weighted by molar-refractivity contribution is -0.143. The molecule has 2 N–H and O–H groups in total. The molecule has 0 aromatic rings. The lowest BCUT2D eigenvalue weighted by Crippen LogP contribution is -2.29. The molecule has 0 atom stereocenters. The zero-order valence-electron chi connectivity index (χ0n) is 45.3. The molecule has 0 aliphatic carbocycles. The number of carbonyl (C=O) groups excluding carboxylic acids is 1. The maximum absolute atomic E-state index is 12.2. The number of nitrogens with zero attached hydrogens (tertiary/aromatic N) is 2. The van der Waals surface area contributed by atoms with E-state index >= 15 is 0 Å². The first-order valence-corrected chi connectivity index (χ1v) is 29.9. The largest absolute Gasteiger partial charge is 0.466 e. The maximum Gasteiger partial charge on any atom is 0.305 e. The molecule has 0 aromatic heterocycles. The second-order valence-corrected chi connectivity index (χ2v) is 20.3. The van der Waals surface area contributed by atoms with Gasteiger partial charge >= 0.3 is 5.97 Å². The molecular weight excluding hydrogens is 825 g/mol. The fourth-order valence-corrected chi connectivity index (χ4v) is 9.28. The molecule has 0 rings (SSSR count). The molecule has 6 heteroatoms. The molecule has 0 saturated heterocycles. The normalized spacial score (nSPS) is 12.1. The highest BCUT2D eigenvalue weighted by molar-refractivity contribution is 5.69. The molecule has 0 saturated carbocycles. The van der Waals surface area contributed by atoms with Crippen LogP contribution in [0.15, 0.2) is 36.5 Å². The first kappa shape index (κ1) is 65.5. The van der Waals surface area contributed by atoms with Gasteiger partial charge in [0.15, 0.2) is 0 Å². The molecule has 0 heterocycles. The van der Waals surface area contributed by atoms with Crippen LogP contribution in [0.2, 0.25) is 0 Å². The molecule has 0 radical (unpaired) electrons. The quantitative estimate of drug-likeness (QED) is 0.0360. The van der Waals surface area contributed by atoms with Crippen LogP contribution in [0.4, 0.5) is 0 Å². The highest BCUT2D eigenvalue weighted by Crippen LogP contribution is 2.15. The van der Waals surface area contributed by atoms with Gasteiger partial charge in [0.25, 0.3) is 0 Å².